The van der Waals surface area contributed by atoms with Crippen LogP contribution in [0.25, 0.3) is 0 Å². The average Bonchev–Trinajstić information content (AvgIpc) is 2.67. The largest absolute Gasteiger partial charge is 0.457 e. The third kappa shape index (κ3) is 10.9. The van der Waals surface area contributed by atoms with Gasteiger partial charge in [-0.1, -0.05) is 19.3 Å². The summed E-state index contributed by atoms with van der Waals surface area (Å²) >= 11 is 0. The maximum atomic E-state index is 12.0. The lowest BCUT2D eigenvalue weighted by molar-refractivity contribution is -0.116. The van der Waals surface area contributed by atoms with E-state index in [0.29, 0.717) is 23.6 Å². The molecule has 166 valence electrons. The molecule has 0 aliphatic heterocycles. The SMILES string of the molecule is Cl.Cl.NCCCCCCCC(=O)Nc1ccc(Oc2ccc(N=C(N)N)cc2)cc1. The number of carbonyl (C=O) groups excluding carboxylic acids is 1. The Balaban J connectivity index is 0.00000420. The van der Waals surface area contributed by atoms with E-state index in [1.165, 1.54) is 0 Å². The number of ether oxygens (including phenoxy) is 1. The molecule has 2 rings (SSSR count). The topological polar surface area (TPSA) is 129 Å². The molecular weight excluding hydrogens is 425 g/mol. The van der Waals surface area contributed by atoms with Crippen LogP contribution in [0.5, 0.6) is 11.5 Å². The molecule has 0 saturated heterocycles. The van der Waals surface area contributed by atoms with Crippen molar-refractivity contribution in [1.82, 2.24) is 0 Å². The summed E-state index contributed by atoms with van der Waals surface area (Å²) < 4.78 is 5.78. The lowest BCUT2D eigenvalue weighted by atomic mass is 10.1. The smallest absolute Gasteiger partial charge is 0.224 e. The standard InChI is InChI=1S/C21H29N5O2.2ClH/c22-15-5-3-1-2-4-6-20(27)25-16-7-11-18(12-8-16)28-19-13-9-17(10-14-19)26-21(23)24;;/h7-14H,1-6,15,22H2,(H,25,27)(H4,23,24,26);2*1H. The van der Waals surface area contributed by atoms with Crippen molar-refractivity contribution in [2.75, 3.05) is 11.9 Å². The van der Waals surface area contributed by atoms with Crippen LogP contribution >= 0.6 is 24.8 Å². The Bertz CT molecular complexity index is 764. The molecular formula is C21H31Cl2N5O2. The van der Waals surface area contributed by atoms with E-state index in [2.05, 4.69) is 10.3 Å². The van der Waals surface area contributed by atoms with Crippen molar-refractivity contribution in [3.63, 3.8) is 0 Å². The lowest BCUT2D eigenvalue weighted by Gasteiger charge is -2.08. The van der Waals surface area contributed by atoms with Gasteiger partial charge in [-0.2, -0.15) is 0 Å². The lowest BCUT2D eigenvalue weighted by Crippen LogP contribution is -2.21. The van der Waals surface area contributed by atoms with Gasteiger partial charge in [-0.25, -0.2) is 4.99 Å². The van der Waals surface area contributed by atoms with Gasteiger partial charge in [0.05, 0.1) is 5.69 Å². The summed E-state index contributed by atoms with van der Waals surface area (Å²) in [4.78, 5) is 16.0. The monoisotopic (exact) mass is 455 g/mol. The Kier molecular flexibility index (Phi) is 14.1. The highest BCUT2D eigenvalue weighted by Gasteiger charge is 2.04. The summed E-state index contributed by atoms with van der Waals surface area (Å²) in [6.45, 7) is 0.740. The molecule has 2 aromatic carbocycles. The fraction of sp³-hybridized carbons (Fsp3) is 0.333. The second kappa shape index (κ2) is 15.4. The molecule has 0 unspecified atom stereocenters. The van der Waals surface area contributed by atoms with Crippen LogP contribution in [0.2, 0.25) is 0 Å². The number of unbranched alkanes of at least 4 members (excludes halogenated alkanes) is 4. The van der Waals surface area contributed by atoms with Crippen molar-refractivity contribution >= 4 is 48.1 Å². The van der Waals surface area contributed by atoms with Crippen molar-refractivity contribution in [1.29, 1.82) is 0 Å². The molecule has 0 fully saturated rings. The molecule has 2 aromatic rings. The van der Waals surface area contributed by atoms with Crippen LogP contribution in [0, 0.1) is 0 Å². The zero-order chi connectivity index (χ0) is 20.2. The zero-order valence-electron chi connectivity index (χ0n) is 16.9. The van der Waals surface area contributed by atoms with E-state index in [1.807, 2.05) is 24.3 Å². The van der Waals surface area contributed by atoms with Crippen LogP contribution in [0.1, 0.15) is 38.5 Å². The fourth-order valence-electron chi connectivity index (χ4n) is 2.66. The third-order valence-corrected chi connectivity index (χ3v) is 4.08. The summed E-state index contributed by atoms with van der Waals surface area (Å²) in [5.41, 5.74) is 17.6. The molecule has 30 heavy (non-hydrogen) atoms. The fourth-order valence-corrected chi connectivity index (χ4v) is 2.66. The van der Waals surface area contributed by atoms with E-state index in [-0.39, 0.29) is 36.7 Å². The molecule has 0 bridgehead atoms. The summed E-state index contributed by atoms with van der Waals surface area (Å²) in [7, 11) is 0. The number of nitrogens with zero attached hydrogens (tertiary/aromatic N) is 1. The van der Waals surface area contributed by atoms with E-state index in [9.17, 15) is 4.79 Å². The van der Waals surface area contributed by atoms with Crippen molar-refractivity contribution in [3.05, 3.63) is 48.5 Å². The number of rotatable bonds is 11. The highest BCUT2D eigenvalue weighted by molar-refractivity contribution is 5.90. The van der Waals surface area contributed by atoms with Gasteiger partial charge >= 0.3 is 0 Å². The van der Waals surface area contributed by atoms with Crippen LogP contribution < -0.4 is 27.3 Å². The summed E-state index contributed by atoms with van der Waals surface area (Å²) in [6.07, 6.45) is 5.81. The summed E-state index contributed by atoms with van der Waals surface area (Å²) in [5.74, 6) is 1.38. The van der Waals surface area contributed by atoms with Gasteiger partial charge in [0.25, 0.3) is 0 Å². The van der Waals surface area contributed by atoms with Crippen LogP contribution in [0.15, 0.2) is 53.5 Å². The zero-order valence-corrected chi connectivity index (χ0v) is 18.5. The van der Waals surface area contributed by atoms with Crippen molar-refractivity contribution in [2.45, 2.75) is 38.5 Å². The molecule has 0 aromatic heterocycles. The quantitative estimate of drug-likeness (QED) is 0.225. The molecule has 9 heteroatoms. The molecule has 0 spiro atoms. The first-order valence-electron chi connectivity index (χ1n) is 9.54. The number of hydrogen-bond acceptors (Lipinski definition) is 4. The minimum Gasteiger partial charge on any atom is -0.457 e. The Labute approximate surface area is 190 Å². The second-order valence-electron chi connectivity index (χ2n) is 6.51. The summed E-state index contributed by atoms with van der Waals surface area (Å²) in [5, 5.41) is 2.91. The predicted octanol–water partition coefficient (Wildman–Crippen LogP) is 4.47. The van der Waals surface area contributed by atoms with Crippen LogP contribution in [-0.4, -0.2) is 18.4 Å². The number of nitrogens with one attached hydrogen (secondary N) is 1. The molecule has 7 nitrogen and oxygen atoms in total. The Morgan fingerprint density at radius 2 is 1.37 bits per heavy atom. The maximum absolute atomic E-state index is 12.0. The van der Waals surface area contributed by atoms with E-state index in [0.717, 1.165) is 44.3 Å². The predicted molar refractivity (Wildman–Crippen MR) is 128 cm³/mol. The van der Waals surface area contributed by atoms with Gasteiger partial charge in [0.2, 0.25) is 5.91 Å². The Morgan fingerprint density at radius 3 is 1.93 bits per heavy atom. The normalized spacial score (nSPS) is 9.63. The Morgan fingerprint density at radius 1 is 0.833 bits per heavy atom. The van der Waals surface area contributed by atoms with Gasteiger partial charge in [0.1, 0.15) is 11.5 Å². The van der Waals surface area contributed by atoms with Crippen LogP contribution in [0.4, 0.5) is 11.4 Å². The molecule has 0 atom stereocenters. The van der Waals surface area contributed by atoms with Gasteiger partial charge in [-0.15, -0.1) is 24.8 Å². The van der Waals surface area contributed by atoms with Crippen molar-refractivity contribution in [3.8, 4) is 11.5 Å². The maximum Gasteiger partial charge on any atom is 0.224 e. The number of carbonyl (C=O) groups is 1. The number of anilines is 1. The second-order valence-corrected chi connectivity index (χ2v) is 6.51. The first-order valence-corrected chi connectivity index (χ1v) is 9.54. The number of guanidine groups is 1. The first-order chi connectivity index (χ1) is 13.6. The number of halogens is 2. The molecule has 0 aliphatic rings. The molecule has 7 N–H and O–H groups in total. The molecule has 1 amide bonds. The molecule has 0 heterocycles. The van der Waals surface area contributed by atoms with E-state index in [4.69, 9.17) is 21.9 Å². The number of amides is 1. The minimum atomic E-state index is 0. The Hall–Kier alpha value is -2.48. The number of nitrogens with two attached hydrogens (primary N) is 3. The third-order valence-electron chi connectivity index (χ3n) is 4.08. The minimum absolute atomic E-state index is 0. The van der Waals surface area contributed by atoms with Crippen LogP contribution in [-0.2, 0) is 4.79 Å². The highest BCUT2D eigenvalue weighted by Crippen LogP contribution is 2.25. The summed E-state index contributed by atoms with van der Waals surface area (Å²) in [6, 6.07) is 14.4. The average molecular weight is 456 g/mol. The van der Waals surface area contributed by atoms with Crippen LogP contribution in [0.3, 0.4) is 0 Å². The van der Waals surface area contributed by atoms with Gasteiger partial charge < -0.3 is 27.3 Å². The van der Waals surface area contributed by atoms with Crippen molar-refractivity contribution in [2.24, 2.45) is 22.2 Å². The highest BCUT2D eigenvalue weighted by atomic mass is 35.5. The molecule has 0 radical (unpaired) electrons. The van der Waals surface area contributed by atoms with Crippen molar-refractivity contribution < 1.29 is 9.53 Å². The van der Waals surface area contributed by atoms with Gasteiger partial charge in [-0.3, -0.25) is 4.79 Å². The number of benzene rings is 2. The van der Waals surface area contributed by atoms with E-state index < -0.39 is 0 Å². The van der Waals surface area contributed by atoms with Gasteiger partial charge in [0, 0.05) is 12.1 Å². The number of aliphatic imine (C=N–C) groups is 1. The van der Waals surface area contributed by atoms with Gasteiger partial charge in [-0.05, 0) is 67.9 Å². The van der Waals surface area contributed by atoms with Gasteiger partial charge in [0.15, 0.2) is 5.96 Å². The first kappa shape index (κ1) is 27.5. The number of hydrogen-bond donors (Lipinski definition) is 4. The van der Waals surface area contributed by atoms with E-state index in [1.54, 1.807) is 24.3 Å². The van der Waals surface area contributed by atoms with E-state index >= 15 is 0 Å². The molecule has 0 saturated carbocycles. The molecule has 0 aliphatic carbocycles.